The zero-order chi connectivity index (χ0) is 24.9. The number of para-hydroxylation sites is 2. The van der Waals surface area contributed by atoms with Gasteiger partial charge in [-0.3, -0.25) is 9.59 Å². The molecular weight excluding hydrogens is 428 g/mol. The van der Waals surface area contributed by atoms with Crippen molar-refractivity contribution in [3.63, 3.8) is 0 Å². The minimum Gasteiger partial charge on any atom is -0.483 e. The second-order valence-electron chi connectivity index (χ2n) is 10.8. The van der Waals surface area contributed by atoms with E-state index < -0.39 is 0 Å². The molecule has 0 N–H and O–H groups in total. The number of hydrogen-bond donors (Lipinski definition) is 0. The maximum atomic E-state index is 12.7. The quantitative estimate of drug-likeness (QED) is 0.633. The Morgan fingerprint density at radius 1 is 0.647 bits per heavy atom. The standard InChI is InChI=1S/C28H38N2O4/c1-27(2,3)21-11-7-9-13-23(21)33-19-25(31)29-15-17-30(18-16-29)26(32)20-34-24-14-10-8-12-22(24)28(4,5)6/h7-14H,15-20H2,1-6H3. The minimum atomic E-state index is -0.0684. The molecule has 1 saturated heterocycles. The van der Waals surface area contributed by atoms with Gasteiger partial charge in [-0.15, -0.1) is 0 Å². The van der Waals surface area contributed by atoms with E-state index in [0.29, 0.717) is 26.2 Å². The third kappa shape index (κ3) is 6.52. The molecule has 0 unspecified atom stereocenters. The van der Waals surface area contributed by atoms with Crippen LogP contribution in [-0.2, 0) is 20.4 Å². The first-order valence-electron chi connectivity index (χ1n) is 12.0. The van der Waals surface area contributed by atoms with Gasteiger partial charge in [-0.2, -0.15) is 0 Å². The van der Waals surface area contributed by atoms with E-state index in [4.69, 9.17) is 9.47 Å². The van der Waals surface area contributed by atoms with E-state index >= 15 is 0 Å². The molecule has 0 spiro atoms. The van der Waals surface area contributed by atoms with Gasteiger partial charge in [0.1, 0.15) is 11.5 Å². The molecule has 1 aliphatic rings. The van der Waals surface area contributed by atoms with Crippen molar-refractivity contribution in [3.05, 3.63) is 59.7 Å². The van der Waals surface area contributed by atoms with Crippen LogP contribution in [0.25, 0.3) is 0 Å². The fourth-order valence-corrected chi connectivity index (χ4v) is 4.09. The molecule has 1 fully saturated rings. The van der Waals surface area contributed by atoms with E-state index in [-0.39, 0.29) is 35.9 Å². The zero-order valence-corrected chi connectivity index (χ0v) is 21.4. The Hall–Kier alpha value is -3.02. The van der Waals surface area contributed by atoms with Gasteiger partial charge in [0.2, 0.25) is 0 Å². The molecule has 1 heterocycles. The lowest BCUT2D eigenvalue weighted by atomic mass is 9.86. The number of ether oxygens (including phenoxy) is 2. The molecule has 34 heavy (non-hydrogen) atoms. The number of carbonyl (C=O) groups excluding carboxylic acids is 2. The van der Waals surface area contributed by atoms with Gasteiger partial charge in [0.25, 0.3) is 11.8 Å². The lowest BCUT2D eigenvalue weighted by molar-refractivity contribution is -0.141. The van der Waals surface area contributed by atoms with Crippen molar-refractivity contribution >= 4 is 11.8 Å². The predicted octanol–water partition coefficient (Wildman–Crippen LogP) is 4.41. The van der Waals surface area contributed by atoms with Crippen LogP contribution in [0.2, 0.25) is 0 Å². The number of benzene rings is 2. The minimum absolute atomic E-state index is 0.00621. The molecule has 184 valence electrons. The molecule has 0 saturated carbocycles. The summed E-state index contributed by atoms with van der Waals surface area (Å²) in [7, 11) is 0. The molecule has 0 aliphatic carbocycles. The zero-order valence-electron chi connectivity index (χ0n) is 21.4. The number of rotatable bonds is 6. The van der Waals surface area contributed by atoms with Crippen LogP contribution in [0.3, 0.4) is 0 Å². The summed E-state index contributed by atoms with van der Waals surface area (Å²) in [5.41, 5.74) is 2.01. The topological polar surface area (TPSA) is 59.1 Å². The molecule has 0 radical (unpaired) electrons. The number of piperazine rings is 1. The second kappa shape index (κ2) is 10.5. The van der Waals surface area contributed by atoms with Crippen molar-refractivity contribution in [2.75, 3.05) is 39.4 Å². The SMILES string of the molecule is CC(C)(C)c1ccccc1OCC(=O)N1CCN(C(=O)COc2ccccc2C(C)(C)C)CC1. The number of carbonyl (C=O) groups is 2. The Morgan fingerprint density at radius 2 is 0.971 bits per heavy atom. The van der Waals surface area contributed by atoms with E-state index in [0.717, 1.165) is 22.6 Å². The first kappa shape index (κ1) is 25.6. The highest BCUT2D eigenvalue weighted by Crippen LogP contribution is 2.32. The van der Waals surface area contributed by atoms with Crippen molar-refractivity contribution in [3.8, 4) is 11.5 Å². The number of amides is 2. The molecule has 2 amide bonds. The van der Waals surface area contributed by atoms with Crippen LogP contribution in [0, 0.1) is 0 Å². The van der Waals surface area contributed by atoms with Gasteiger partial charge >= 0.3 is 0 Å². The van der Waals surface area contributed by atoms with Crippen molar-refractivity contribution < 1.29 is 19.1 Å². The number of hydrogen-bond acceptors (Lipinski definition) is 4. The van der Waals surface area contributed by atoms with Crippen LogP contribution >= 0.6 is 0 Å². The lowest BCUT2D eigenvalue weighted by Gasteiger charge is -2.35. The summed E-state index contributed by atoms with van der Waals surface area (Å²) >= 11 is 0. The molecule has 0 aromatic heterocycles. The molecule has 3 rings (SSSR count). The first-order chi connectivity index (χ1) is 16.0. The largest absolute Gasteiger partial charge is 0.483 e. The molecular formula is C28H38N2O4. The predicted molar refractivity (Wildman–Crippen MR) is 134 cm³/mol. The third-order valence-electron chi connectivity index (χ3n) is 6.08. The Bertz CT molecular complexity index is 914. The van der Waals surface area contributed by atoms with Gasteiger partial charge in [0.05, 0.1) is 0 Å². The Morgan fingerprint density at radius 3 is 1.29 bits per heavy atom. The van der Waals surface area contributed by atoms with Crippen LogP contribution in [-0.4, -0.2) is 61.0 Å². The van der Waals surface area contributed by atoms with E-state index in [2.05, 4.69) is 41.5 Å². The molecule has 1 aliphatic heterocycles. The maximum absolute atomic E-state index is 12.7. The van der Waals surface area contributed by atoms with Crippen LogP contribution in [0.15, 0.2) is 48.5 Å². The van der Waals surface area contributed by atoms with Crippen LogP contribution in [0.5, 0.6) is 11.5 Å². The van der Waals surface area contributed by atoms with E-state index in [1.54, 1.807) is 9.80 Å². The van der Waals surface area contributed by atoms with Crippen LogP contribution in [0.4, 0.5) is 0 Å². The fraction of sp³-hybridized carbons (Fsp3) is 0.500. The van der Waals surface area contributed by atoms with Crippen molar-refractivity contribution in [1.82, 2.24) is 9.80 Å². The van der Waals surface area contributed by atoms with Gasteiger partial charge < -0.3 is 19.3 Å². The highest BCUT2D eigenvalue weighted by molar-refractivity contribution is 5.80. The third-order valence-corrected chi connectivity index (χ3v) is 6.08. The van der Waals surface area contributed by atoms with Crippen molar-refractivity contribution in [2.45, 2.75) is 52.4 Å². The fourth-order valence-electron chi connectivity index (χ4n) is 4.09. The van der Waals surface area contributed by atoms with Gasteiger partial charge in [0.15, 0.2) is 13.2 Å². The molecule has 2 aromatic rings. The summed E-state index contributed by atoms with van der Waals surface area (Å²) in [5.74, 6) is 1.35. The molecule has 6 heteroatoms. The van der Waals surface area contributed by atoms with Gasteiger partial charge in [-0.1, -0.05) is 77.9 Å². The first-order valence-corrected chi connectivity index (χ1v) is 12.0. The summed E-state index contributed by atoms with van der Waals surface area (Å²) in [4.78, 5) is 29.0. The highest BCUT2D eigenvalue weighted by atomic mass is 16.5. The Kier molecular flexibility index (Phi) is 7.90. The van der Waals surface area contributed by atoms with Crippen LogP contribution < -0.4 is 9.47 Å². The number of nitrogens with zero attached hydrogens (tertiary/aromatic N) is 2. The average Bonchev–Trinajstić information content (AvgIpc) is 2.80. The maximum Gasteiger partial charge on any atom is 0.260 e. The Labute approximate surface area is 203 Å². The molecule has 6 nitrogen and oxygen atoms in total. The summed E-state index contributed by atoms with van der Waals surface area (Å²) in [6, 6.07) is 15.7. The van der Waals surface area contributed by atoms with Gasteiger partial charge in [-0.25, -0.2) is 0 Å². The van der Waals surface area contributed by atoms with E-state index in [1.165, 1.54) is 0 Å². The molecule has 0 bridgehead atoms. The highest BCUT2D eigenvalue weighted by Gasteiger charge is 2.26. The van der Waals surface area contributed by atoms with Gasteiger partial charge in [0, 0.05) is 26.2 Å². The lowest BCUT2D eigenvalue weighted by Crippen LogP contribution is -2.52. The summed E-state index contributed by atoms with van der Waals surface area (Å²) < 4.78 is 11.8. The normalized spacial score (nSPS) is 14.6. The van der Waals surface area contributed by atoms with Crippen LogP contribution in [0.1, 0.15) is 52.7 Å². The van der Waals surface area contributed by atoms with E-state index in [1.807, 2.05) is 48.5 Å². The summed E-state index contributed by atoms with van der Waals surface area (Å²) in [6.45, 7) is 14.7. The summed E-state index contributed by atoms with van der Waals surface area (Å²) in [6.07, 6.45) is 0. The Balaban J connectivity index is 1.48. The monoisotopic (exact) mass is 466 g/mol. The van der Waals surface area contributed by atoms with Gasteiger partial charge in [-0.05, 0) is 34.1 Å². The second-order valence-corrected chi connectivity index (χ2v) is 10.8. The molecule has 0 atom stereocenters. The van der Waals surface area contributed by atoms with Crippen molar-refractivity contribution in [1.29, 1.82) is 0 Å². The van der Waals surface area contributed by atoms with Crippen molar-refractivity contribution in [2.24, 2.45) is 0 Å². The average molecular weight is 467 g/mol. The molecule has 2 aromatic carbocycles. The smallest absolute Gasteiger partial charge is 0.260 e. The van der Waals surface area contributed by atoms with E-state index in [9.17, 15) is 9.59 Å². The summed E-state index contributed by atoms with van der Waals surface area (Å²) in [5, 5.41) is 0.